The Morgan fingerprint density at radius 2 is 1.79 bits per heavy atom. The van der Waals surface area contributed by atoms with Gasteiger partial charge in [0, 0.05) is 24.1 Å². The second kappa shape index (κ2) is 11.2. The topological polar surface area (TPSA) is 86.1 Å². The summed E-state index contributed by atoms with van der Waals surface area (Å²) in [5.74, 6) is 3.45. The molecule has 6 rings (SSSR count). The third-order valence-electron chi connectivity index (χ3n) is 8.25. The highest BCUT2D eigenvalue weighted by molar-refractivity contribution is 8.00. The average molecular weight is 591 g/mol. The molecule has 222 valence electrons. The van der Waals surface area contributed by atoms with Gasteiger partial charge in [0.2, 0.25) is 18.6 Å². The Labute approximate surface area is 251 Å². The molecule has 42 heavy (non-hydrogen) atoms. The number of piperidine rings is 1. The first kappa shape index (κ1) is 28.5. The van der Waals surface area contributed by atoms with E-state index in [-0.39, 0.29) is 41.6 Å². The smallest absolute Gasteiger partial charge is 0.242 e. The van der Waals surface area contributed by atoms with E-state index in [1.54, 1.807) is 23.8 Å². The zero-order chi connectivity index (χ0) is 29.6. The number of amides is 2. The van der Waals surface area contributed by atoms with E-state index in [1.807, 2.05) is 52.0 Å². The number of fused-ring (bicyclic) bond motifs is 2. The van der Waals surface area contributed by atoms with E-state index in [4.69, 9.17) is 19.3 Å². The predicted molar refractivity (Wildman–Crippen MR) is 163 cm³/mol. The number of rotatable bonds is 5. The molecule has 2 aromatic carbocycles. The zero-order valence-corrected chi connectivity index (χ0v) is 25.7. The van der Waals surface area contributed by atoms with Gasteiger partial charge in [0.25, 0.3) is 0 Å². The maximum Gasteiger partial charge on any atom is 0.242 e. The van der Waals surface area contributed by atoms with Crippen molar-refractivity contribution >= 4 is 29.4 Å². The van der Waals surface area contributed by atoms with Crippen LogP contribution in [0.2, 0.25) is 0 Å². The number of carbonyl (C=O) groups excluding carboxylic acids is 2. The van der Waals surface area contributed by atoms with Crippen LogP contribution in [0.5, 0.6) is 17.2 Å². The van der Waals surface area contributed by atoms with Crippen molar-refractivity contribution < 1.29 is 23.8 Å². The first-order chi connectivity index (χ1) is 20.1. The minimum Gasteiger partial charge on any atom is -0.497 e. The van der Waals surface area contributed by atoms with Crippen molar-refractivity contribution in [1.29, 1.82) is 0 Å². The quantitative estimate of drug-likeness (QED) is 0.397. The van der Waals surface area contributed by atoms with Crippen molar-refractivity contribution in [2.24, 2.45) is 5.92 Å². The van der Waals surface area contributed by atoms with Gasteiger partial charge in [0.05, 0.1) is 29.5 Å². The molecule has 3 aliphatic heterocycles. The average Bonchev–Trinajstić information content (AvgIpc) is 3.58. The molecule has 0 radical (unpaired) electrons. The Morgan fingerprint density at radius 3 is 2.48 bits per heavy atom. The number of ether oxygens (including phenoxy) is 3. The Balaban J connectivity index is 1.52. The number of methoxy groups -OCH3 is 1. The monoisotopic (exact) mass is 590 g/mol. The number of hydrogen-bond acceptors (Lipinski definition) is 7. The largest absolute Gasteiger partial charge is 0.497 e. The van der Waals surface area contributed by atoms with Gasteiger partial charge in [0.1, 0.15) is 18.1 Å². The Morgan fingerprint density at radius 1 is 1.07 bits per heavy atom. The lowest BCUT2D eigenvalue weighted by Gasteiger charge is -2.32. The molecular formula is C32H38N4O5S. The van der Waals surface area contributed by atoms with Crippen LogP contribution in [0.15, 0.2) is 42.5 Å². The first-order valence-electron chi connectivity index (χ1n) is 14.5. The van der Waals surface area contributed by atoms with Crippen LogP contribution in [-0.2, 0) is 15.0 Å². The minimum absolute atomic E-state index is 0.0277. The van der Waals surface area contributed by atoms with Crippen LogP contribution in [0.4, 0.5) is 5.82 Å². The fourth-order valence-electron chi connectivity index (χ4n) is 5.81. The van der Waals surface area contributed by atoms with Gasteiger partial charge >= 0.3 is 0 Å². The molecule has 1 aromatic heterocycles. The lowest BCUT2D eigenvalue weighted by Crippen LogP contribution is -2.46. The molecule has 0 saturated carbocycles. The molecule has 3 aromatic rings. The van der Waals surface area contributed by atoms with Gasteiger partial charge in [-0.15, -0.1) is 11.8 Å². The molecule has 4 heterocycles. The molecule has 0 unspecified atom stereocenters. The van der Waals surface area contributed by atoms with E-state index >= 15 is 0 Å². The number of nitrogens with zero attached hydrogens (tertiary/aromatic N) is 4. The van der Waals surface area contributed by atoms with Crippen LogP contribution in [0.1, 0.15) is 62.6 Å². The number of hydrogen-bond donors (Lipinski definition) is 0. The lowest BCUT2D eigenvalue weighted by atomic mass is 9.87. The molecule has 1 saturated heterocycles. The maximum absolute atomic E-state index is 14.0. The summed E-state index contributed by atoms with van der Waals surface area (Å²) in [5.41, 5.74) is 3.26. The minimum atomic E-state index is -0.344. The van der Waals surface area contributed by atoms with Crippen molar-refractivity contribution in [3.8, 4) is 22.9 Å². The van der Waals surface area contributed by atoms with E-state index < -0.39 is 0 Å². The molecule has 10 heteroatoms. The Kier molecular flexibility index (Phi) is 7.59. The van der Waals surface area contributed by atoms with Gasteiger partial charge in [-0.05, 0) is 60.7 Å². The highest BCUT2D eigenvalue weighted by atomic mass is 32.2. The summed E-state index contributed by atoms with van der Waals surface area (Å²) in [6.45, 7) is 10.2. The highest BCUT2D eigenvalue weighted by Crippen LogP contribution is 2.50. The summed E-state index contributed by atoms with van der Waals surface area (Å²) < 4.78 is 18.5. The normalized spacial score (nSPS) is 19.1. The van der Waals surface area contributed by atoms with Crippen LogP contribution >= 0.6 is 11.8 Å². The molecule has 2 amide bonds. The van der Waals surface area contributed by atoms with Crippen LogP contribution in [0.3, 0.4) is 0 Å². The van der Waals surface area contributed by atoms with Crippen LogP contribution < -0.4 is 19.1 Å². The molecule has 0 spiro atoms. The maximum atomic E-state index is 14.0. The van der Waals surface area contributed by atoms with E-state index in [0.29, 0.717) is 36.3 Å². The number of carbonyl (C=O) groups is 2. The van der Waals surface area contributed by atoms with Crippen molar-refractivity contribution in [2.75, 3.05) is 44.2 Å². The van der Waals surface area contributed by atoms with Gasteiger partial charge in [-0.25, -0.2) is 4.68 Å². The fraction of sp³-hybridized carbons (Fsp3) is 0.469. The number of likely N-dealkylation sites (tertiary alicyclic amines) is 1. The zero-order valence-electron chi connectivity index (χ0n) is 24.9. The lowest BCUT2D eigenvalue weighted by molar-refractivity contribution is -0.132. The van der Waals surface area contributed by atoms with E-state index in [9.17, 15) is 9.59 Å². The van der Waals surface area contributed by atoms with Crippen molar-refractivity contribution in [3.63, 3.8) is 0 Å². The molecule has 0 N–H and O–H groups in total. The SMILES string of the molecule is COc1ccc(-n2nc(C(C)(C)C)c3c2N(CC(=O)N2CCC(C)CC2)C(=O)CS[C@@H]3c2ccc3c(c2)OCO3)cc1. The van der Waals surface area contributed by atoms with Gasteiger partial charge in [0.15, 0.2) is 11.5 Å². The van der Waals surface area contributed by atoms with Crippen molar-refractivity contribution in [1.82, 2.24) is 14.7 Å². The fourth-order valence-corrected chi connectivity index (χ4v) is 7.00. The van der Waals surface area contributed by atoms with Gasteiger partial charge in [-0.3, -0.25) is 14.5 Å². The highest BCUT2D eigenvalue weighted by Gasteiger charge is 2.41. The second-order valence-corrected chi connectivity index (χ2v) is 13.4. The third kappa shape index (κ3) is 5.32. The van der Waals surface area contributed by atoms with Crippen molar-refractivity contribution in [3.05, 3.63) is 59.3 Å². The summed E-state index contributed by atoms with van der Waals surface area (Å²) in [6.07, 6.45) is 1.95. The second-order valence-electron chi connectivity index (χ2n) is 12.3. The van der Waals surface area contributed by atoms with Gasteiger partial charge in [-0.2, -0.15) is 5.10 Å². The summed E-state index contributed by atoms with van der Waals surface area (Å²) >= 11 is 1.56. The Hall–Kier alpha value is -3.66. The molecule has 3 aliphatic rings. The number of thioether (sulfide) groups is 1. The van der Waals surface area contributed by atoms with Crippen LogP contribution in [0, 0.1) is 5.92 Å². The number of benzene rings is 2. The molecule has 1 atom stereocenters. The molecule has 0 aliphatic carbocycles. The summed E-state index contributed by atoms with van der Waals surface area (Å²) in [5, 5.41) is 4.97. The third-order valence-corrected chi connectivity index (χ3v) is 9.50. The summed E-state index contributed by atoms with van der Waals surface area (Å²) in [4.78, 5) is 31.3. The molecule has 0 bridgehead atoms. The number of aromatic nitrogens is 2. The van der Waals surface area contributed by atoms with Crippen LogP contribution in [-0.4, -0.2) is 65.8 Å². The van der Waals surface area contributed by atoms with Crippen LogP contribution in [0.25, 0.3) is 5.69 Å². The van der Waals surface area contributed by atoms with E-state index in [1.165, 1.54) is 0 Å². The Bertz CT molecular complexity index is 1490. The number of anilines is 1. The summed E-state index contributed by atoms with van der Waals surface area (Å²) in [6, 6.07) is 13.6. The molecule has 1 fully saturated rings. The van der Waals surface area contributed by atoms with E-state index in [0.717, 1.165) is 41.1 Å². The van der Waals surface area contributed by atoms with E-state index in [2.05, 4.69) is 27.7 Å². The first-order valence-corrected chi connectivity index (χ1v) is 15.6. The molecular weight excluding hydrogens is 552 g/mol. The van der Waals surface area contributed by atoms with Crippen molar-refractivity contribution in [2.45, 2.75) is 51.2 Å². The summed E-state index contributed by atoms with van der Waals surface area (Å²) in [7, 11) is 1.63. The molecule has 9 nitrogen and oxygen atoms in total. The van der Waals surface area contributed by atoms with Gasteiger partial charge < -0.3 is 19.1 Å². The van der Waals surface area contributed by atoms with Gasteiger partial charge in [-0.1, -0.05) is 33.8 Å². The standard InChI is InChI=1S/C32H38N4O5S/c1-20-12-14-34(15-13-20)26(37)17-35-27(38)18-42-29(21-6-11-24-25(16-21)41-19-40-24)28-30(32(2,3)4)33-36(31(28)35)22-7-9-23(39-5)10-8-22/h6-11,16,20,29H,12-15,17-19H2,1-5H3/t29-/m1/s1. The predicted octanol–water partition coefficient (Wildman–Crippen LogP) is 5.33.